The zero-order chi connectivity index (χ0) is 43.2. The lowest BCUT2D eigenvalue weighted by Crippen LogP contribution is -2.44. The maximum atomic E-state index is 13.7. The molecule has 4 aromatic carbocycles. The highest BCUT2D eigenvalue weighted by Gasteiger charge is 2.33. The van der Waals surface area contributed by atoms with Gasteiger partial charge in [-0.15, -0.1) is 0 Å². The number of nitrogens with zero attached hydrogens (tertiary/aromatic N) is 6. The van der Waals surface area contributed by atoms with Gasteiger partial charge >= 0.3 is 5.69 Å². The SMILES string of the molecule is CNC(=O)c1cccc(NC(=O)c2nn(C)c3ccc(-c4ccc(N5CCCC5=O)cc4CCC4CCN(c5cccc6c5n(C)c(=O)n6C5CCC(=O)NC5=O)CC4)cc23)c1. The highest BCUT2D eigenvalue weighted by atomic mass is 16.2. The summed E-state index contributed by atoms with van der Waals surface area (Å²) in [7, 11) is 5.11. The Kier molecular flexibility index (Phi) is 10.7. The van der Waals surface area contributed by atoms with Crippen molar-refractivity contribution in [2.24, 2.45) is 20.0 Å². The standard InChI is InChI=1S/C47H49N9O6/c1-48-44(59)31-7-4-8-32(25-31)49-46(61)42-35-27-30(14-17-36(35)53(3)51-42)34-16-15-33(55-22-6-11-41(55)58)26-29(34)13-12-28-20-23-54(24-21-28)37-9-5-10-38-43(37)52(2)47(62)56(38)39-18-19-40(57)50-45(39)60/h4-5,7-10,14-17,25-28,39H,6,11-13,18-24H2,1-3H3,(H,48,59)(H,49,61)(H,50,57,60). The summed E-state index contributed by atoms with van der Waals surface area (Å²) in [6.07, 6.45) is 5.46. The van der Waals surface area contributed by atoms with E-state index in [1.165, 1.54) is 4.57 Å². The Morgan fingerprint density at radius 2 is 1.65 bits per heavy atom. The number of rotatable bonds is 10. The lowest BCUT2D eigenvalue weighted by Gasteiger charge is -2.34. The molecule has 3 aliphatic rings. The largest absolute Gasteiger partial charge is 0.370 e. The summed E-state index contributed by atoms with van der Waals surface area (Å²) in [5.41, 5.74) is 8.10. The van der Waals surface area contributed by atoms with Gasteiger partial charge in [-0.05, 0) is 116 Å². The minimum atomic E-state index is -0.740. The van der Waals surface area contributed by atoms with Crippen LogP contribution in [-0.2, 0) is 34.9 Å². The quantitative estimate of drug-likeness (QED) is 0.153. The van der Waals surface area contributed by atoms with Crippen molar-refractivity contribution in [2.75, 3.05) is 41.8 Å². The van der Waals surface area contributed by atoms with Crippen molar-refractivity contribution in [3.05, 3.63) is 106 Å². The maximum absolute atomic E-state index is 13.7. The second kappa shape index (κ2) is 16.4. The van der Waals surface area contributed by atoms with Crippen LogP contribution in [0.4, 0.5) is 17.1 Å². The van der Waals surface area contributed by atoms with Gasteiger partial charge in [0.05, 0.1) is 22.2 Å². The van der Waals surface area contributed by atoms with Crippen LogP contribution in [0.25, 0.3) is 33.1 Å². The summed E-state index contributed by atoms with van der Waals surface area (Å²) in [5, 5.41) is 13.2. The number of piperidine rings is 2. The number of carbonyl (C=O) groups excluding carboxylic acids is 5. The van der Waals surface area contributed by atoms with E-state index in [1.807, 2.05) is 48.3 Å². The summed E-state index contributed by atoms with van der Waals surface area (Å²) in [4.78, 5) is 81.3. The van der Waals surface area contributed by atoms with Crippen LogP contribution in [0, 0.1) is 5.92 Å². The minimum absolute atomic E-state index is 0.129. The molecule has 0 bridgehead atoms. The fraction of sp³-hybridized carbons (Fsp3) is 0.340. The van der Waals surface area contributed by atoms with E-state index in [1.54, 1.807) is 47.6 Å². The molecule has 0 aliphatic carbocycles. The molecule has 9 rings (SSSR count). The molecular formula is C47H49N9O6. The Morgan fingerprint density at radius 3 is 2.40 bits per heavy atom. The van der Waals surface area contributed by atoms with Gasteiger partial charge in [-0.3, -0.25) is 43.1 Å². The number of hydrogen-bond acceptors (Lipinski definition) is 8. The van der Waals surface area contributed by atoms with Crippen molar-refractivity contribution in [2.45, 2.75) is 57.4 Å². The van der Waals surface area contributed by atoms with Crippen molar-refractivity contribution < 1.29 is 24.0 Å². The molecule has 3 aliphatic heterocycles. The molecule has 62 heavy (non-hydrogen) atoms. The number of fused-ring (bicyclic) bond motifs is 2. The summed E-state index contributed by atoms with van der Waals surface area (Å²) in [6, 6.07) is 24.2. The molecule has 6 aromatic rings. The number of imidazole rings is 1. The third-order valence-corrected chi connectivity index (χ3v) is 12.8. The number of nitrogens with one attached hydrogen (secondary N) is 3. The van der Waals surface area contributed by atoms with E-state index in [0.717, 1.165) is 84.3 Å². The molecule has 1 atom stereocenters. The first-order valence-electron chi connectivity index (χ1n) is 21.3. The molecule has 0 saturated carbocycles. The van der Waals surface area contributed by atoms with Crippen LogP contribution in [-0.4, -0.2) is 75.1 Å². The maximum Gasteiger partial charge on any atom is 0.329 e. The fourth-order valence-corrected chi connectivity index (χ4v) is 9.56. The summed E-state index contributed by atoms with van der Waals surface area (Å²) < 4.78 is 4.84. The average molecular weight is 836 g/mol. The predicted molar refractivity (Wildman–Crippen MR) is 237 cm³/mol. The number of anilines is 3. The van der Waals surface area contributed by atoms with Crippen molar-refractivity contribution in [1.82, 2.24) is 29.5 Å². The third-order valence-electron chi connectivity index (χ3n) is 12.8. The normalized spacial score (nSPS) is 17.3. The van der Waals surface area contributed by atoms with Gasteiger partial charge in [0.15, 0.2) is 5.69 Å². The number of amides is 5. The van der Waals surface area contributed by atoms with Gasteiger partial charge in [0.2, 0.25) is 17.7 Å². The van der Waals surface area contributed by atoms with Crippen molar-refractivity contribution in [1.29, 1.82) is 0 Å². The Labute approximate surface area is 357 Å². The number of para-hydroxylation sites is 1. The second-order valence-electron chi connectivity index (χ2n) is 16.6. The lowest BCUT2D eigenvalue weighted by molar-refractivity contribution is -0.135. The second-order valence-corrected chi connectivity index (χ2v) is 16.6. The van der Waals surface area contributed by atoms with E-state index < -0.39 is 11.9 Å². The van der Waals surface area contributed by atoms with Gasteiger partial charge < -0.3 is 20.4 Å². The van der Waals surface area contributed by atoms with Crippen LogP contribution in [0.3, 0.4) is 0 Å². The lowest BCUT2D eigenvalue weighted by atomic mass is 9.87. The molecule has 15 heteroatoms. The molecule has 5 amide bonds. The molecular weight excluding hydrogens is 787 g/mol. The highest BCUT2D eigenvalue weighted by molar-refractivity contribution is 6.12. The Hall–Kier alpha value is -7.03. The van der Waals surface area contributed by atoms with E-state index in [-0.39, 0.29) is 47.9 Å². The Morgan fingerprint density at radius 1 is 0.839 bits per heavy atom. The Bertz CT molecular complexity index is 2860. The van der Waals surface area contributed by atoms with Gasteiger partial charge in [-0.2, -0.15) is 5.10 Å². The van der Waals surface area contributed by atoms with Gasteiger partial charge in [-0.25, -0.2) is 4.79 Å². The molecule has 1 unspecified atom stereocenters. The van der Waals surface area contributed by atoms with Gasteiger partial charge in [0.1, 0.15) is 6.04 Å². The summed E-state index contributed by atoms with van der Waals surface area (Å²) in [5.74, 6) is -0.842. The summed E-state index contributed by atoms with van der Waals surface area (Å²) >= 11 is 0. The van der Waals surface area contributed by atoms with E-state index in [9.17, 15) is 28.8 Å². The number of benzene rings is 4. The van der Waals surface area contributed by atoms with Crippen LogP contribution >= 0.6 is 0 Å². The van der Waals surface area contributed by atoms with Crippen LogP contribution in [0.2, 0.25) is 0 Å². The van der Waals surface area contributed by atoms with Gasteiger partial charge in [-0.1, -0.05) is 24.3 Å². The zero-order valence-corrected chi connectivity index (χ0v) is 35.1. The Balaban J connectivity index is 0.958. The summed E-state index contributed by atoms with van der Waals surface area (Å²) in [6.45, 7) is 2.29. The molecule has 3 fully saturated rings. The van der Waals surface area contributed by atoms with E-state index >= 15 is 0 Å². The van der Waals surface area contributed by atoms with Crippen LogP contribution in [0.1, 0.15) is 77.4 Å². The number of hydrogen-bond donors (Lipinski definition) is 3. The molecule has 3 saturated heterocycles. The number of aryl methyl sites for hydroxylation is 3. The van der Waals surface area contributed by atoms with Gasteiger partial charge in [0, 0.05) is 75.9 Å². The molecule has 0 spiro atoms. The molecule has 318 valence electrons. The molecule has 5 heterocycles. The van der Waals surface area contributed by atoms with Crippen LogP contribution in [0.5, 0.6) is 0 Å². The fourth-order valence-electron chi connectivity index (χ4n) is 9.56. The molecule has 0 radical (unpaired) electrons. The van der Waals surface area contributed by atoms with Crippen LogP contribution in [0.15, 0.2) is 83.7 Å². The zero-order valence-electron chi connectivity index (χ0n) is 35.1. The first-order chi connectivity index (χ1) is 30.0. The number of imide groups is 1. The smallest absolute Gasteiger partial charge is 0.329 e. The van der Waals surface area contributed by atoms with Crippen LogP contribution < -0.4 is 31.4 Å². The first-order valence-corrected chi connectivity index (χ1v) is 21.3. The van der Waals surface area contributed by atoms with Gasteiger partial charge in [0.25, 0.3) is 11.8 Å². The number of aromatic nitrogens is 4. The van der Waals surface area contributed by atoms with E-state index in [4.69, 9.17) is 0 Å². The monoisotopic (exact) mass is 835 g/mol. The molecule has 2 aromatic heterocycles. The average Bonchev–Trinajstić information content (AvgIpc) is 3.94. The van der Waals surface area contributed by atoms with Crippen molar-refractivity contribution >= 4 is 68.5 Å². The minimum Gasteiger partial charge on any atom is -0.370 e. The van der Waals surface area contributed by atoms with Crippen molar-refractivity contribution in [3.8, 4) is 11.1 Å². The van der Waals surface area contributed by atoms with E-state index in [2.05, 4.69) is 44.1 Å². The molecule has 3 N–H and O–H groups in total. The van der Waals surface area contributed by atoms with E-state index in [0.29, 0.717) is 41.0 Å². The first kappa shape index (κ1) is 40.4. The predicted octanol–water partition coefficient (Wildman–Crippen LogP) is 5.46. The van der Waals surface area contributed by atoms with Crippen molar-refractivity contribution in [3.63, 3.8) is 0 Å². The number of carbonyl (C=O) groups is 5. The highest BCUT2D eigenvalue weighted by Crippen LogP contribution is 2.37. The molecule has 15 nitrogen and oxygen atoms in total. The topological polar surface area (TPSA) is 173 Å². The third kappa shape index (κ3) is 7.41.